The number of ether oxygens (including phenoxy) is 1. The molecule has 0 saturated carbocycles. The lowest BCUT2D eigenvalue weighted by Gasteiger charge is -2.22. The lowest BCUT2D eigenvalue weighted by atomic mass is 9.85. The molecule has 1 aromatic heterocycles. The minimum Gasteiger partial charge on any atom is -0.488 e. The molecule has 1 aliphatic rings. The van der Waals surface area contributed by atoms with E-state index in [0.29, 0.717) is 12.4 Å². The summed E-state index contributed by atoms with van der Waals surface area (Å²) < 4.78 is 6.51. The van der Waals surface area contributed by atoms with Crippen LogP contribution in [0.1, 0.15) is 5.56 Å². The Labute approximate surface area is 362 Å². The number of hydrogen-bond acceptors (Lipinski definition) is 3. The van der Waals surface area contributed by atoms with Crippen LogP contribution in [0.25, 0.3) is 101 Å². The van der Waals surface area contributed by atoms with Crippen molar-refractivity contribution >= 4 is 0 Å². The van der Waals surface area contributed by atoms with Crippen molar-refractivity contribution in [2.75, 3.05) is 0 Å². The Hall–Kier alpha value is -8.14. The Bertz CT molecular complexity index is 3230. The third kappa shape index (κ3) is 7.16. The number of aromatic nitrogens is 2. The van der Waals surface area contributed by atoms with Crippen LogP contribution in [0.2, 0.25) is 0 Å². The Morgan fingerprint density at radius 1 is 0.274 bits per heavy atom. The van der Waals surface area contributed by atoms with Crippen LogP contribution in [0.4, 0.5) is 0 Å². The van der Waals surface area contributed by atoms with Crippen molar-refractivity contribution in [3.8, 4) is 106 Å². The summed E-state index contributed by atoms with van der Waals surface area (Å²) in [6.07, 6.45) is 0. The van der Waals surface area contributed by atoms with Gasteiger partial charge < -0.3 is 4.74 Å². The molecule has 0 fully saturated rings. The van der Waals surface area contributed by atoms with E-state index in [0.717, 1.165) is 72.8 Å². The van der Waals surface area contributed by atoms with E-state index in [1.165, 1.54) is 33.4 Å². The van der Waals surface area contributed by atoms with Gasteiger partial charge in [0.15, 0.2) is 5.82 Å². The molecule has 3 nitrogen and oxygen atoms in total. The van der Waals surface area contributed by atoms with Crippen molar-refractivity contribution in [2.24, 2.45) is 0 Å². The van der Waals surface area contributed by atoms with Gasteiger partial charge in [-0.1, -0.05) is 200 Å². The molecule has 0 N–H and O–H groups in total. The van der Waals surface area contributed by atoms with E-state index < -0.39 is 0 Å². The third-order valence-corrected chi connectivity index (χ3v) is 11.8. The van der Waals surface area contributed by atoms with E-state index in [1.807, 2.05) is 30.3 Å². The van der Waals surface area contributed by atoms with Crippen LogP contribution < -0.4 is 4.74 Å². The first-order valence-electron chi connectivity index (χ1n) is 21.1. The van der Waals surface area contributed by atoms with Gasteiger partial charge in [-0.2, -0.15) is 0 Å². The van der Waals surface area contributed by atoms with E-state index in [9.17, 15) is 0 Å². The smallest absolute Gasteiger partial charge is 0.160 e. The number of para-hydroxylation sites is 1. The fourth-order valence-corrected chi connectivity index (χ4v) is 8.67. The average Bonchev–Trinajstić information content (AvgIpc) is 3.36. The molecule has 0 bridgehead atoms. The first kappa shape index (κ1) is 36.9. The van der Waals surface area contributed by atoms with Crippen molar-refractivity contribution in [3.05, 3.63) is 236 Å². The zero-order valence-corrected chi connectivity index (χ0v) is 33.9. The average molecular weight is 793 g/mol. The summed E-state index contributed by atoms with van der Waals surface area (Å²) in [6, 6.07) is 81.6. The third-order valence-electron chi connectivity index (χ3n) is 11.8. The summed E-state index contributed by atoms with van der Waals surface area (Å²) in [7, 11) is 0. The van der Waals surface area contributed by atoms with Crippen LogP contribution >= 0.6 is 0 Å². The molecule has 10 aromatic rings. The lowest BCUT2D eigenvalue weighted by Crippen LogP contribution is -2.02. The molecular formula is C59H40N2O. The standard InChI is InChI=1S/C59H40N2O/c1-3-15-40(16-4-1)41-29-31-42(32-30-41)56-38-57(61-59(60-56)43-17-5-2-6-18-43)48-23-14-22-46(36-48)44-20-13-21-45(35-44)47-33-34-53-50-24-8-7-19-49(50)39-62-58-28-12-11-27-54(58)51-25-9-10-26-52(51)55(53)37-47/h1-38H,39H2. The van der Waals surface area contributed by atoms with Crippen LogP contribution in [0.3, 0.4) is 0 Å². The van der Waals surface area contributed by atoms with E-state index >= 15 is 0 Å². The Morgan fingerprint density at radius 2 is 0.726 bits per heavy atom. The van der Waals surface area contributed by atoms with Crippen LogP contribution in [0.15, 0.2) is 231 Å². The van der Waals surface area contributed by atoms with Gasteiger partial charge in [0.25, 0.3) is 0 Å². The monoisotopic (exact) mass is 792 g/mol. The summed E-state index contributed by atoms with van der Waals surface area (Å²) in [5, 5.41) is 0. The van der Waals surface area contributed by atoms with Crippen LogP contribution in [0, 0.1) is 0 Å². The number of hydrogen-bond donors (Lipinski definition) is 0. The fraction of sp³-hybridized carbons (Fsp3) is 0.0169. The molecule has 9 aromatic carbocycles. The zero-order chi connectivity index (χ0) is 41.2. The van der Waals surface area contributed by atoms with E-state index in [2.05, 4.69) is 200 Å². The first-order valence-corrected chi connectivity index (χ1v) is 21.1. The highest BCUT2D eigenvalue weighted by Gasteiger charge is 2.20. The molecule has 62 heavy (non-hydrogen) atoms. The summed E-state index contributed by atoms with van der Waals surface area (Å²) in [6.45, 7) is 0.489. The molecule has 0 unspecified atom stereocenters. The molecular weight excluding hydrogens is 753 g/mol. The predicted octanol–water partition coefficient (Wildman–Crippen LogP) is 15.4. The van der Waals surface area contributed by atoms with Gasteiger partial charge in [0, 0.05) is 22.3 Å². The maximum absolute atomic E-state index is 6.51. The topological polar surface area (TPSA) is 35.0 Å². The lowest BCUT2D eigenvalue weighted by molar-refractivity contribution is 0.308. The highest BCUT2D eigenvalue weighted by atomic mass is 16.5. The highest BCUT2D eigenvalue weighted by Crippen LogP contribution is 2.45. The molecule has 0 saturated heterocycles. The minimum absolute atomic E-state index is 0.489. The van der Waals surface area contributed by atoms with E-state index in [4.69, 9.17) is 14.7 Å². The van der Waals surface area contributed by atoms with Gasteiger partial charge in [0.2, 0.25) is 0 Å². The quantitative estimate of drug-likeness (QED) is 0.168. The normalized spacial score (nSPS) is 11.6. The SMILES string of the molecule is c1ccc(-c2ccc(-c3cc(-c4cccc(-c5cccc(-c6ccc7c(c6)-c6ccccc6-c6ccccc6OCc6ccccc6-7)c5)c4)nc(-c4ccccc4)n3)cc2)cc1. The molecule has 0 aliphatic carbocycles. The van der Waals surface area contributed by atoms with Crippen molar-refractivity contribution in [3.63, 3.8) is 0 Å². The number of fused-ring (bicyclic) bond motifs is 7. The van der Waals surface area contributed by atoms with Crippen molar-refractivity contribution < 1.29 is 4.74 Å². The number of benzene rings is 9. The van der Waals surface area contributed by atoms with E-state index in [1.54, 1.807) is 0 Å². The largest absolute Gasteiger partial charge is 0.488 e. The van der Waals surface area contributed by atoms with Gasteiger partial charge in [-0.25, -0.2) is 9.97 Å². The molecule has 292 valence electrons. The number of rotatable bonds is 6. The molecule has 11 rings (SSSR count). The maximum Gasteiger partial charge on any atom is 0.160 e. The first-order chi connectivity index (χ1) is 30.7. The summed E-state index contributed by atoms with van der Waals surface area (Å²) >= 11 is 0. The summed E-state index contributed by atoms with van der Waals surface area (Å²) in [5.74, 6) is 1.58. The molecule has 0 radical (unpaired) electrons. The van der Waals surface area contributed by atoms with Gasteiger partial charge in [-0.15, -0.1) is 0 Å². The zero-order valence-electron chi connectivity index (χ0n) is 33.9. The fourth-order valence-electron chi connectivity index (χ4n) is 8.67. The molecule has 0 amide bonds. The highest BCUT2D eigenvalue weighted by molar-refractivity contribution is 5.96. The van der Waals surface area contributed by atoms with Gasteiger partial charge in [-0.3, -0.25) is 0 Å². The molecule has 2 heterocycles. The van der Waals surface area contributed by atoms with Gasteiger partial charge >= 0.3 is 0 Å². The second-order valence-electron chi connectivity index (χ2n) is 15.7. The molecule has 1 aliphatic heterocycles. The molecule has 0 spiro atoms. The minimum atomic E-state index is 0.489. The van der Waals surface area contributed by atoms with Crippen LogP contribution in [-0.2, 0) is 6.61 Å². The van der Waals surface area contributed by atoms with Crippen molar-refractivity contribution in [1.82, 2.24) is 9.97 Å². The summed E-state index contributed by atoms with van der Waals surface area (Å²) in [4.78, 5) is 10.3. The molecule has 3 heteroatoms. The van der Waals surface area contributed by atoms with E-state index in [-0.39, 0.29) is 0 Å². The van der Waals surface area contributed by atoms with Crippen LogP contribution in [-0.4, -0.2) is 9.97 Å². The number of nitrogens with zero attached hydrogens (tertiary/aromatic N) is 2. The molecule has 0 atom stereocenters. The van der Waals surface area contributed by atoms with Crippen molar-refractivity contribution in [2.45, 2.75) is 6.61 Å². The predicted molar refractivity (Wildman–Crippen MR) is 255 cm³/mol. The van der Waals surface area contributed by atoms with Crippen LogP contribution in [0.5, 0.6) is 5.75 Å². The second-order valence-corrected chi connectivity index (χ2v) is 15.7. The van der Waals surface area contributed by atoms with Gasteiger partial charge in [-0.05, 0) is 97.1 Å². The maximum atomic E-state index is 6.51. The summed E-state index contributed by atoms with van der Waals surface area (Å²) in [5.41, 5.74) is 19.9. The van der Waals surface area contributed by atoms with Gasteiger partial charge in [0.05, 0.1) is 11.4 Å². The Morgan fingerprint density at radius 3 is 1.44 bits per heavy atom. The van der Waals surface area contributed by atoms with Gasteiger partial charge in [0.1, 0.15) is 12.4 Å². The Balaban J connectivity index is 0.988. The second kappa shape index (κ2) is 16.1. The van der Waals surface area contributed by atoms with Crippen molar-refractivity contribution in [1.29, 1.82) is 0 Å². The Kier molecular flexibility index (Phi) is 9.61.